The Labute approximate surface area is 121 Å². The van der Waals surface area contributed by atoms with Gasteiger partial charge in [0.15, 0.2) is 0 Å². The summed E-state index contributed by atoms with van der Waals surface area (Å²) < 4.78 is 25.1. The van der Waals surface area contributed by atoms with Gasteiger partial charge in [-0.2, -0.15) is 5.26 Å². The largest absolute Gasteiger partial charge is 0.390 e. The number of nitriles is 1. The van der Waals surface area contributed by atoms with E-state index in [0.29, 0.717) is 16.7 Å². The number of rotatable bonds is 5. The van der Waals surface area contributed by atoms with Crippen LogP contribution >= 0.6 is 0 Å². The third kappa shape index (κ3) is 4.39. The molecule has 0 aromatic heterocycles. The highest BCUT2D eigenvalue weighted by atomic mass is 19.3. The van der Waals surface area contributed by atoms with Gasteiger partial charge in [0.2, 0.25) is 0 Å². The first kappa shape index (κ1) is 14.7. The molecule has 0 saturated heterocycles. The Balaban J connectivity index is 1.93. The molecule has 0 N–H and O–H groups in total. The molecule has 2 aromatic rings. The van der Waals surface area contributed by atoms with Crippen LogP contribution in [0.4, 0.5) is 8.78 Å². The number of alkyl halides is 2. The maximum Gasteiger partial charge on any atom is 0.263 e. The minimum atomic E-state index is -2.51. The van der Waals surface area contributed by atoms with E-state index in [4.69, 9.17) is 10.1 Å². The molecule has 21 heavy (non-hydrogen) atoms. The fourth-order valence-electron chi connectivity index (χ4n) is 1.67. The Bertz CT molecular complexity index is 678. The number of benzene rings is 2. The van der Waals surface area contributed by atoms with E-state index >= 15 is 0 Å². The standard InChI is InChI=1S/C16H11F2N2O/c17-16(18)15-6-2-5-14(8-15)11-21-20-10-13-4-1-3-12(7-13)9-19/h1-8,16H,11H2. The Morgan fingerprint density at radius 2 is 1.86 bits per heavy atom. The highest BCUT2D eigenvalue weighted by Crippen LogP contribution is 2.19. The summed E-state index contributed by atoms with van der Waals surface area (Å²) in [5.74, 6) is 0. The minimum Gasteiger partial charge on any atom is -0.390 e. The van der Waals surface area contributed by atoms with Gasteiger partial charge < -0.3 is 4.84 Å². The van der Waals surface area contributed by atoms with Crippen molar-refractivity contribution < 1.29 is 13.6 Å². The molecule has 2 rings (SSSR count). The summed E-state index contributed by atoms with van der Waals surface area (Å²) in [5.41, 5.74) is 1.66. The smallest absolute Gasteiger partial charge is 0.263 e. The van der Waals surface area contributed by atoms with Crippen LogP contribution in [0.2, 0.25) is 0 Å². The molecule has 0 amide bonds. The maximum atomic E-state index is 12.5. The third-order valence-electron chi connectivity index (χ3n) is 2.67. The third-order valence-corrected chi connectivity index (χ3v) is 2.67. The van der Waals surface area contributed by atoms with Crippen LogP contribution in [0.1, 0.15) is 28.7 Å². The number of hydrogen-bond donors (Lipinski definition) is 0. The molecule has 0 atom stereocenters. The second-order valence-electron chi connectivity index (χ2n) is 4.21. The molecule has 0 spiro atoms. The van der Waals surface area contributed by atoms with Crippen molar-refractivity contribution >= 4 is 6.21 Å². The molecule has 5 heteroatoms. The van der Waals surface area contributed by atoms with Crippen molar-refractivity contribution in [3.05, 3.63) is 70.8 Å². The van der Waals surface area contributed by atoms with Crippen LogP contribution in [-0.2, 0) is 11.4 Å². The van der Waals surface area contributed by atoms with E-state index in [1.807, 2.05) is 6.07 Å². The van der Waals surface area contributed by atoms with Crippen LogP contribution < -0.4 is 0 Å². The molecule has 2 aromatic carbocycles. The average Bonchev–Trinajstić information content (AvgIpc) is 2.52. The maximum absolute atomic E-state index is 12.5. The molecule has 0 unspecified atom stereocenters. The van der Waals surface area contributed by atoms with Crippen LogP contribution in [0.25, 0.3) is 0 Å². The summed E-state index contributed by atoms with van der Waals surface area (Å²) in [6, 6.07) is 14.7. The van der Waals surface area contributed by atoms with Gasteiger partial charge >= 0.3 is 0 Å². The molecule has 3 nitrogen and oxygen atoms in total. The van der Waals surface area contributed by atoms with Crippen molar-refractivity contribution in [3.8, 4) is 6.07 Å². The van der Waals surface area contributed by atoms with E-state index in [1.165, 1.54) is 12.1 Å². The molecule has 0 bridgehead atoms. The molecule has 0 heterocycles. The second-order valence-corrected chi connectivity index (χ2v) is 4.21. The van der Waals surface area contributed by atoms with E-state index in [-0.39, 0.29) is 12.2 Å². The van der Waals surface area contributed by atoms with Crippen molar-refractivity contribution in [3.63, 3.8) is 0 Å². The summed E-state index contributed by atoms with van der Waals surface area (Å²) in [7, 11) is 0. The molecule has 0 saturated carbocycles. The van der Waals surface area contributed by atoms with E-state index in [0.717, 1.165) is 0 Å². The van der Waals surface area contributed by atoms with E-state index in [1.54, 1.807) is 36.4 Å². The van der Waals surface area contributed by atoms with Gasteiger partial charge in [-0.1, -0.05) is 35.5 Å². The predicted octanol–water partition coefficient (Wildman–Crippen LogP) is 3.92. The molecule has 0 fully saturated rings. The fourth-order valence-corrected chi connectivity index (χ4v) is 1.67. The van der Waals surface area contributed by atoms with Crippen molar-refractivity contribution in [2.75, 3.05) is 0 Å². The van der Waals surface area contributed by atoms with Crippen LogP contribution in [0.15, 0.2) is 53.7 Å². The molecule has 1 radical (unpaired) electrons. The van der Waals surface area contributed by atoms with Gasteiger partial charge in [0.25, 0.3) is 6.43 Å². The van der Waals surface area contributed by atoms with Gasteiger partial charge in [-0.25, -0.2) is 8.78 Å². The fraction of sp³-hybridized carbons (Fsp3) is 0.125. The van der Waals surface area contributed by atoms with Crippen molar-refractivity contribution in [1.82, 2.24) is 0 Å². The topological polar surface area (TPSA) is 45.4 Å². The Kier molecular flexibility index (Phi) is 4.99. The zero-order chi connectivity index (χ0) is 15.1. The summed E-state index contributed by atoms with van der Waals surface area (Å²) in [5, 5.41) is 12.4. The van der Waals surface area contributed by atoms with Gasteiger partial charge in [0.05, 0.1) is 11.6 Å². The number of hydrogen-bond acceptors (Lipinski definition) is 3. The lowest BCUT2D eigenvalue weighted by atomic mass is 10.1. The SMILES string of the molecule is N#Cc1cccc(/[C]=N\OCc2cccc(C(F)F)c2)c1. The van der Waals surface area contributed by atoms with E-state index < -0.39 is 6.43 Å². The summed E-state index contributed by atoms with van der Waals surface area (Å²) in [4.78, 5) is 5.02. The van der Waals surface area contributed by atoms with E-state index in [2.05, 4.69) is 11.4 Å². The Hall–Kier alpha value is -2.74. The van der Waals surface area contributed by atoms with Crippen LogP contribution in [0.5, 0.6) is 0 Å². The van der Waals surface area contributed by atoms with Crippen LogP contribution in [0, 0.1) is 11.3 Å². The second kappa shape index (κ2) is 7.15. The lowest BCUT2D eigenvalue weighted by Crippen LogP contribution is -1.91. The van der Waals surface area contributed by atoms with Crippen molar-refractivity contribution in [2.24, 2.45) is 5.16 Å². The lowest BCUT2D eigenvalue weighted by Gasteiger charge is -2.03. The summed E-state index contributed by atoms with van der Waals surface area (Å²) >= 11 is 0. The van der Waals surface area contributed by atoms with Gasteiger partial charge in [0, 0.05) is 11.1 Å². The molecular formula is C16H11F2N2O. The minimum absolute atomic E-state index is 0.0502. The van der Waals surface area contributed by atoms with E-state index in [9.17, 15) is 8.78 Å². The van der Waals surface area contributed by atoms with Crippen molar-refractivity contribution in [1.29, 1.82) is 5.26 Å². The van der Waals surface area contributed by atoms with Gasteiger partial charge in [-0.15, -0.1) is 0 Å². The zero-order valence-corrected chi connectivity index (χ0v) is 11.0. The number of nitrogens with zero attached hydrogens (tertiary/aromatic N) is 2. The van der Waals surface area contributed by atoms with Crippen molar-refractivity contribution in [2.45, 2.75) is 13.0 Å². The normalized spacial score (nSPS) is 10.8. The highest BCUT2D eigenvalue weighted by Gasteiger charge is 2.06. The molecule has 0 aliphatic carbocycles. The quantitative estimate of drug-likeness (QED) is 0.617. The monoisotopic (exact) mass is 285 g/mol. The van der Waals surface area contributed by atoms with Crippen LogP contribution in [-0.4, -0.2) is 6.21 Å². The Morgan fingerprint density at radius 1 is 1.10 bits per heavy atom. The molecule has 0 aliphatic rings. The van der Waals surface area contributed by atoms with Gasteiger partial charge in [-0.05, 0) is 23.8 Å². The lowest BCUT2D eigenvalue weighted by molar-refractivity contribution is 0.130. The zero-order valence-electron chi connectivity index (χ0n) is 11.0. The first-order valence-corrected chi connectivity index (χ1v) is 6.14. The molecular weight excluding hydrogens is 274 g/mol. The molecule has 0 aliphatic heterocycles. The average molecular weight is 285 g/mol. The van der Waals surface area contributed by atoms with Crippen LogP contribution in [0.3, 0.4) is 0 Å². The predicted molar refractivity (Wildman–Crippen MR) is 73.9 cm³/mol. The first-order valence-electron chi connectivity index (χ1n) is 6.14. The Morgan fingerprint density at radius 3 is 2.62 bits per heavy atom. The highest BCUT2D eigenvalue weighted by molar-refractivity contribution is 5.79. The van der Waals surface area contributed by atoms with Gasteiger partial charge in [0.1, 0.15) is 12.8 Å². The molecule has 105 valence electrons. The first-order chi connectivity index (χ1) is 10.2. The number of halogens is 2. The summed E-state index contributed by atoms with van der Waals surface area (Å²) in [6.07, 6.45) is 0.125. The summed E-state index contributed by atoms with van der Waals surface area (Å²) in [6.45, 7) is 0.0749. The van der Waals surface area contributed by atoms with Gasteiger partial charge in [-0.3, -0.25) is 0 Å².